The van der Waals surface area contributed by atoms with Gasteiger partial charge in [0.15, 0.2) is 0 Å². The monoisotopic (exact) mass is 458 g/mol. The molecule has 0 spiro atoms. The van der Waals surface area contributed by atoms with Crippen molar-refractivity contribution in [1.82, 2.24) is 25.3 Å². The van der Waals surface area contributed by atoms with Gasteiger partial charge in [-0.15, -0.1) is 0 Å². The fourth-order valence-electron chi connectivity index (χ4n) is 4.89. The van der Waals surface area contributed by atoms with Gasteiger partial charge in [-0.25, -0.2) is 0 Å². The minimum Gasteiger partial charge on any atom is -0.379 e. The number of anilines is 1. The molecule has 3 aliphatic rings. The van der Waals surface area contributed by atoms with Gasteiger partial charge in [0.1, 0.15) is 0 Å². The van der Waals surface area contributed by atoms with Gasteiger partial charge in [0.2, 0.25) is 0 Å². The van der Waals surface area contributed by atoms with Crippen LogP contribution in [0.5, 0.6) is 0 Å². The lowest BCUT2D eigenvalue weighted by atomic mass is 10.00. The van der Waals surface area contributed by atoms with Crippen molar-refractivity contribution >= 4 is 17.5 Å². The van der Waals surface area contributed by atoms with Crippen molar-refractivity contribution in [3.8, 4) is 0 Å². The molecule has 9 nitrogen and oxygen atoms in total. The van der Waals surface area contributed by atoms with Gasteiger partial charge in [0.05, 0.1) is 19.3 Å². The predicted molar refractivity (Wildman–Crippen MR) is 129 cm³/mol. The van der Waals surface area contributed by atoms with Crippen LogP contribution in [0.3, 0.4) is 0 Å². The smallest absolute Gasteiger partial charge is 0.309 e. The average molecular weight is 459 g/mol. The van der Waals surface area contributed by atoms with Gasteiger partial charge in [-0.3, -0.25) is 19.4 Å². The fraction of sp³-hybridized carbons (Fsp3) is 0.667. The van der Waals surface area contributed by atoms with Crippen molar-refractivity contribution in [3.63, 3.8) is 0 Å². The van der Waals surface area contributed by atoms with Gasteiger partial charge in [0.25, 0.3) is 0 Å². The number of benzene rings is 1. The molecule has 182 valence electrons. The van der Waals surface area contributed by atoms with Crippen molar-refractivity contribution in [1.29, 1.82) is 0 Å². The van der Waals surface area contributed by atoms with E-state index in [1.807, 2.05) is 0 Å². The molecule has 0 aliphatic carbocycles. The SMILES string of the molecule is CN1CCN(C(CNC(=O)C(=O)NCCN2CCOCC2)c2ccc3c(c2)CCN3C)CC1. The van der Waals surface area contributed by atoms with Crippen LogP contribution in [-0.2, 0) is 20.7 Å². The number of nitrogens with one attached hydrogen (secondary N) is 2. The molecule has 33 heavy (non-hydrogen) atoms. The highest BCUT2D eigenvalue weighted by atomic mass is 16.5. The van der Waals surface area contributed by atoms with Gasteiger partial charge >= 0.3 is 11.8 Å². The summed E-state index contributed by atoms with van der Waals surface area (Å²) in [5.41, 5.74) is 3.86. The van der Waals surface area contributed by atoms with E-state index in [-0.39, 0.29) is 6.04 Å². The highest BCUT2D eigenvalue weighted by Gasteiger charge is 2.27. The third-order valence-electron chi connectivity index (χ3n) is 7.07. The summed E-state index contributed by atoms with van der Waals surface area (Å²) in [6.07, 6.45) is 1.05. The zero-order valence-electron chi connectivity index (χ0n) is 20.0. The summed E-state index contributed by atoms with van der Waals surface area (Å²) in [4.78, 5) is 34.2. The maximum atomic E-state index is 12.5. The highest BCUT2D eigenvalue weighted by molar-refractivity contribution is 6.35. The molecule has 0 aromatic heterocycles. The van der Waals surface area contributed by atoms with E-state index >= 15 is 0 Å². The number of rotatable bonds is 7. The summed E-state index contributed by atoms with van der Waals surface area (Å²) in [6, 6.07) is 6.72. The number of ether oxygens (including phenoxy) is 1. The number of carbonyl (C=O) groups is 2. The van der Waals surface area contributed by atoms with Crippen LogP contribution in [0.1, 0.15) is 17.2 Å². The number of fused-ring (bicyclic) bond motifs is 1. The largest absolute Gasteiger partial charge is 0.379 e. The second kappa shape index (κ2) is 11.3. The molecule has 2 amide bonds. The van der Waals surface area contributed by atoms with Crippen molar-refractivity contribution in [2.24, 2.45) is 0 Å². The van der Waals surface area contributed by atoms with E-state index in [0.29, 0.717) is 13.1 Å². The second-order valence-electron chi connectivity index (χ2n) is 9.33. The Kier molecular flexibility index (Phi) is 8.19. The molecule has 0 bridgehead atoms. The molecule has 3 aliphatic heterocycles. The molecule has 2 saturated heterocycles. The van der Waals surface area contributed by atoms with E-state index in [2.05, 4.69) is 62.5 Å². The second-order valence-corrected chi connectivity index (χ2v) is 9.33. The van der Waals surface area contributed by atoms with Gasteiger partial charge in [0, 0.05) is 78.2 Å². The Balaban J connectivity index is 1.34. The van der Waals surface area contributed by atoms with Crippen LogP contribution in [0.2, 0.25) is 0 Å². The zero-order chi connectivity index (χ0) is 23.2. The molecule has 4 rings (SSSR count). The van der Waals surface area contributed by atoms with Gasteiger partial charge < -0.3 is 25.2 Å². The summed E-state index contributed by atoms with van der Waals surface area (Å²) in [5.74, 6) is -1.12. The Hall–Kier alpha value is -2.20. The number of hydrogen-bond acceptors (Lipinski definition) is 7. The first-order chi connectivity index (χ1) is 16.0. The van der Waals surface area contributed by atoms with Gasteiger partial charge in [-0.1, -0.05) is 12.1 Å². The van der Waals surface area contributed by atoms with E-state index in [0.717, 1.165) is 72.0 Å². The maximum absolute atomic E-state index is 12.5. The number of amides is 2. The summed E-state index contributed by atoms with van der Waals surface area (Å²) in [7, 11) is 4.27. The summed E-state index contributed by atoms with van der Waals surface area (Å²) in [6.45, 7) is 9.73. The van der Waals surface area contributed by atoms with E-state index in [4.69, 9.17) is 4.74 Å². The number of morpholine rings is 1. The van der Waals surface area contributed by atoms with E-state index in [9.17, 15) is 9.59 Å². The summed E-state index contributed by atoms with van der Waals surface area (Å²) < 4.78 is 5.34. The lowest BCUT2D eigenvalue weighted by Crippen LogP contribution is -2.50. The molecule has 1 aromatic carbocycles. The molecular weight excluding hydrogens is 420 g/mol. The lowest BCUT2D eigenvalue weighted by molar-refractivity contribution is -0.139. The summed E-state index contributed by atoms with van der Waals surface area (Å²) in [5, 5.41) is 5.66. The third-order valence-corrected chi connectivity index (χ3v) is 7.07. The molecule has 1 unspecified atom stereocenters. The first-order valence-corrected chi connectivity index (χ1v) is 12.1. The van der Waals surface area contributed by atoms with Crippen LogP contribution in [0, 0.1) is 0 Å². The Bertz CT molecular complexity index is 820. The first-order valence-electron chi connectivity index (χ1n) is 12.1. The number of piperazine rings is 1. The fourth-order valence-corrected chi connectivity index (χ4v) is 4.89. The molecule has 0 radical (unpaired) electrons. The van der Waals surface area contributed by atoms with E-state index in [1.54, 1.807) is 0 Å². The predicted octanol–water partition coefficient (Wildman–Crippen LogP) is -0.468. The van der Waals surface area contributed by atoms with Crippen LogP contribution in [-0.4, -0.2) is 119 Å². The van der Waals surface area contributed by atoms with Crippen LogP contribution in [0.25, 0.3) is 0 Å². The van der Waals surface area contributed by atoms with Crippen molar-refractivity contribution < 1.29 is 14.3 Å². The first kappa shape index (κ1) is 23.9. The quantitative estimate of drug-likeness (QED) is 0.535. The lowest BCUT2D eigenvalue weighted by Gasteiger charge is -2.38. The summed E-state index contributed by atoms with van der Waals surface area (Å²) >= 11 is 0. The molecule has 9 heteroatoms. The van der Waals surface area contributed by atoms with Gasteiger partial charge in [-0.2, -0.15) is 0 Å². The Morgan fingerprint density at radius 3 is 2.45 bits per heavy atom. The Morgan fingerprint density at radius 2 is 1.70 bits per heavy atom. The molecule has 3 heterocycles. The Labute approximate surface area is 197 Å². The minimum atomic E-state index is -0.559. The van der Waals surface area contributed by atoms with Crippen LogP contribution >= 0.6 is 0 Å². The molecule has 1 atom stereocenters. The highest BCUT2D eigenvalue weighted by Crippen LogP contribution is 2.31. The standard InChI is InChI=1S/C24H38N6O3/c1-27-9-11-30(12-10-27)22(19-3-4-21-20(17-19)5-7-28(21)2)18-26-24(32)23(31)25-6-8-29-13-15-33-16-14-29/h3-4,17,22H,5-16,18H2,1-2H3,(H,25,31)(H,26,32). The third kappa shape index (κ3) is 6.23. The van der Waals surface area contributed by atoms with Gasteiger partial charge in [-0.05, 0) is 30.7 Å². The van der Waals surface area contributed by atoms with Crippen LogP contribution in [0.4, 0.5) is 5.69 Å². The minimum absolute atomic E-state index is 0.0556. The molecule has 1 aromatic rings. The van der Waals surface area contributed by atoms with Crippen LogP contribution in [0.15, 0.2) is 18.2 Å². The van der Waals surface area contributed by atoms with Crippen LogP contribution < -0.4 is 15.5 Å². The van der Waals surface area contributed by atoms with Crippen molar-refractivity contribution in [3.05, 3.63) is 29.3 Å². The number of carbonyl (C=O) groups excluding carboxylic acids is 2. The van der Waals surface area contributed by atoms with E-state index < -0.39 is 11.8 Å². The number of likely N-dealkylation sites (N-methyl/N-ethyl adjacent to an activating group) is 2. The molecule has 2 fully saturated rings. The Morgan fingerprint density at radius 1 is 0.970 bits per heavy atom. The van der Waals surface area contributed by atoms with Crippen molar-refractivity contribution in [2.75, 3.05) is 97.7 Å². The molecule has 2 N–H and O–H groups in total. The number of nitrogens with zero attached hydrogens (tertiary/aromatic N) is 4. The molecular formula is C24H38N6O3. The molecule has 0 saturated carbocycles. The average Bonchev–Trinajstić information content (AvgIpc) is 3.21. The maximum Gasteiger partial charge on any atom is 0.309 e. The van der Waals surface area contributed by atoms with Crippen molar-refractivity contribution in [2.45, 2.75) is 12.5 Å². The van der Waals surface area contributed by atoms with E-state index in [1.165, 1.54) is 16.8 Å². The normalized spacial score (nSPS) is 21.0. The topological polar surface area (TPSA) is 80.4 Å². The zero-order valence-corrected chi connectivity index (χ0v) is 20.0. The number of hydrogen-bond donors (Lipinski definition) is 2.